The molecule has 2 bridgehead atoms. The number of hydrogen-bond donors (Lipinski definition) is 0. The van der Waals surface area contributed by atoms with Crippen molar-refractivity contribution in [3.05, 3.63) is 0 Å². The van der Waals surface area contributed by atoms with Crippen molar-refractivity contribution in [3.8, 4) is 0 Å². The van der Waals surface area contributed by atoms with Gasteiger partial charge in [-0.25, -0.2) is 0 Å². The Labute approximate surface area is 88.7 Å². The second-order valence-electron chi connectivity index (χ2n) is 4.28. The van der Waals surface area contributed by atoms with E-state index >= 15 is 0 Å². The first-order valence-corrected chi connectivity index (χ1v) is 5.58. The minimum atomic E-state index is -1.11. The van der Waals surface area contributed by atoms with Crippen molar-refractivity contribution in [1.82, 2.24) is 0 Å². The van der Waals surface area contributed by atoms with Gasteiger partial charge in [-0.15, -0.1) is 0 Å². The largest absolute Gasteiger partial charge is 0.550 e. The maximum Gasteiger partial charge on any atom is 0.310 e. The molecule has 0 amide bonds. The van der Waals surface area contributed by atoms with E-state index in [0.29, 0.717) is 0 Å². The smallest absolute Gasteiger partial charge is 0.310 e. The third-order valence-corrected chi connectivity index (χ3v) is 5.00. The number of carbonyl (C=O) groups is 2. The molecule has 0 aromatic heterocycles. The van der Waals surface area contributed by atoms with Crippen LogP contribution in [0.2, 0.25) is 0 Å². The number of fused-ring (bicyclic) bond motifs is 1. The number of carbonyl (C=O) groups excluding carboxylic acids is 2. The molecule has 0 aromatic rings. The van der Waals surface area contributed by atoms with Gasteiger partial charge in [0.05, 0.1) is 10.7 Å². The van der Waals surface area contributed by atoms with E-state index in [9.17, 15) is 14.7 Å². The minimum Gasteiger partial charge on any atom is -0.550 e. The van der Waals surface area contributed by atoms with Crippen LogP contribution in [0.1, 0.15) is 6.42 Å². The number of hydrogen-bond acceptors (Lipinski definition) is 4. The molecule has 0 N–H and O–H groups in total. The summed E-state index contributed by atoms with van der Waals surface area (Å²) in [6.07, 6.45) is 0.670. The number of carboxylic acids is 1. The van der Waals surface area contributed by atoms with Gasteiger partial charge in [-0.3, -0.25) is 4.79 Å². The van der Waals surface area contributed by atoms with E-state index in [2.05, 4.69) is 15.9 Å². The maximum absolute atomic E-state index is 11.4. The van der Waals surface area contributed by atoms with Gasteiger partial charge in [0.25, 0.3) is 0 Å². The van der Waals surface area contributed by atoms with Crippen molar-refractivity contribution in [2.75, 3.05) is 0 Å². The summed E-state index contributed by atoms with van der Waals surface area (Å²) in [5, 5.41) is 10.9. The van der Waals surface area contributed by atoms with Gasteiger partial charge in [0.1, 0.15) is 6.10 Å². The Bertz CT molecular complexity index is 329. The molecule has 6 atom stereocenters. The Morgan fingerprint density at radius 2 is 2.21 bits per heavy atom. The van der Waals surface area contributed by atoms with E-state index in [4.69, 9.17) is 4.74 Å². The molecule has 2 aliphatic carbocycles. The van der Waals surface area contributed by atoms with Crippen LogP contribution in [0, 0.1) is 23.7 Å². The fourth-order valence-corrected chi connectivity index (χ4v) is 4.34. The van der Waals surface area contributed by atoms with E-state index in [-0.39, 0.29) is 28.7 Å². The molecule has 0 radical (unpaired) electrons. The molecule has 14 heavy (non-hydrogen) atoms. The van der Waals surface area contributed by atoms with Gasteiger partial charge in [0.15, 0.2) is 0 Å². The first-order chi connectivity index (χ1) is 6.61. The standard InChI is InChI=1S/C9H9BrO4/c10-6-2-1-3-5(4(2)8(11)12)9(13)14-7(3)6/h2-7H,1H2,(H,11,12)/p-1/t2-,3+,4+,5+,6-,7+/m0/s1. The van der Waals surface area contributed by atoms with Gasteiger partial charge in [-0.2, -0.15) is 0 Å². The van der Waals surface area contributed by atoms with Crippen molar-refractivity contribution in [2.45, 2.75) is 17.4 Å². The third-order valence-electron chi connectivity index (χ3n) is 3.80. The summed E-state index contributed by atoms with van der Waals surface area (Å²) in [4.78, 5) is 22.3. The summed E-state index contributed by atoms with van der Waals surface area (Å²) in [7, 11) is 0. The molecule has 5 heteroatoms. The molecule has 76 valence electrons. The summed E-state index contributed by atoms with van der Waals surface area (Å²) < 4.78 is 5.15. The molecule has 1 heterocycles. The van der Waals surface area contributed by atoms with E-state index in [1.54, 1.807) is 0 Å². The number of esters is 1. The van der Waals surface area contributed by atoms with Crippen LogP contribution >= 0.6 is 15.9 Å². The molecule has 1 aliphatic heterocycles. The number of rotatable bonds is 1. The van der Waals surface area contributed by atoms with Gasteiger partial charge >= 0.3 is 5.97 Å². The van der Waals surface area contributed by atoms with E-state index < -0.39 is 17.8 Å². The van der Waals surface area contributed by atoms with Gasteiger partial charge < -0.3 is 14.6 Å². The van der Waals surface area contributed by atoms with Crippen LogP contribution in [0.25, 0.3) is 0 Å². The Hall–Kier alpha value is -0.580. The minimum absolute atomic E-state index is 0.00176. The topological polar surface area (TPSA) is 66.4 Å². The Morgan fingerprint density at radius 3 is 2.86 bits per heavy atom. The molecule has 0 aromatic carbocycles. The highest BCUT2D eigenvalue weighted by Gasteiger charge is 2.66. The Morgan fingerprint density at radius 1 is 1.50 bits per heavy atom. The lowest BCUT2D eigenvalue weighted by Gasteiger charge is -2.28. The van der Waals surface area contributed by atoms with Crippen molar-refractivity contribution < 1.29 is 19.4 Å². The quantitative estimate of drug-likeness (QED) is 0.462. The van der Waals surface area contributed by atoms with Crippen molar-refractivity contribution >= 4 is 27.9 Å². The summed E-state index contributed by atoms with van der Waals surface area (Å²) in [5.41, 5.74) is 0. The van der Waals surface area contributed by atoms with Crippen LogP contribution in [-0.4, -0.2) is 22.9 Å². The van der Waals surface area contributed by atoms with Gasteiger partial charge in [-0.1, -0.05) is 15.9 Å². The van der Waals surface area contributed by atoms with E-state index in [1.165, 1.54) is 0 Å². The molecule has 3 aliphatic rings. The van der Waals surface area contributed by atoms with Crippen molar-refractivity contribution in [3.63, 3.8) is 0 Å². The molecule has 3 rings (SSSR count). The molecular weight excluding hydrogens is 252 g/mol. The number of aliphatic carboxylic acids is 1. The van der Waals surface area contributed by atoms with Crippen molar-refractivity contribution in [2.24, 2.45) is 23.7 Å². The van der Waals surface area contributed by atoms with Gasteiger partial charge in [-0.05, 0) is 12.3 Å². The average Bonchev–Trinajstić information content (AvgIpc) is 2.67. The highest BCUT2D eigenvalue weighted by Crippen LogP contribution is 2.59. The van der Waals surface area contributed by atoms with Crippen LogP contribution in [0.5, 0.6) is 0 Å². The lowest BCUT2D eigenvalue weighted by atomic mass is 9.80. The fourth-order valence-electron chi connectivity index (χ4n) is 3.29. The van der Waals surface area contributed by atoms with E-state index in [1.807, 2.05) is 0 Å². The molecule has 0 spiro atoms. The number of halogens is 1. The fraction of sp³-hybridized carbons (Fsp3) is 0.778. The molecule has 1 saturated heterocycles. The Kier molecular flexibility index (Phi) is 1.56. The van der Waals surface area contributed by atoms with Gasteiger partial charge in [0.2, 0.25) is 0 Å². The highest BCUT2D eigenvalue weighted by molar-refractivity contribution is 9.09. The van der Waals surface area contributed by atoms with E-state index in [0.717, 1.165) is 6.42 Å². The lowest BCUT2D eigenvalue weighted by molar-refractivity contribution is -0.314. The van der Waals surface area contributed by atoms with Crippen LogP contribution in [-0.2, 0) is 14.3 Å². The lowest BCUT2D eigenvalue weighted by Crippen LogP contribution is -2.44. The monoisotopic (exact) mass is 259 g/mol. The second kappa shape index (κ2) is 2.51. The zero-order valence-electron chi connectivity index (χ0n) is 7.18. The molecule has 3 fully saturated rings. The normalized spacial score (nSPS) is 53.6. The zero-order valence-corrected chi connectivity index (χ0v) is 8.77. The SMILES string of the molecule is O=C([O-])[C@@H]1[C@@H]2C[C@H]3[C@@H](OC(=O)[C@H]31)[C@H]2Br. The summed E-state index contributed by atoms with van der Waals surface area (Å²) in [6, 6.07) is 0. The summed E-state index contributed by atoms with van der Waals surface area (Å²) in [6.45, 7) is 0. The number of ether oxygens (including phenoxy) is 1. The molecule has 4 nitrogen and oxygen atoms in total. The Balaban J connectivity index is 2.04. The zero-order chi connectivity index (χ0) is 10.0. The number of alkyl halides is 1. The highest BCUT2D eigenvalue weighted by atomic mass is 79.9. The van der Waals surface area contributed by atoms with Crippen LogP contribution in [0.4, 0.5) is 0 Å². The third kappa shape index (κ3) is 0.798. The molecule has 0 unspecified atom stereocenters. The maximum atomic E-state index is 11.4. The number of carboxylic acid groups (broad SMARTS) is 1. The van der Waals surface area contributed by atoms with Crippen molar-refractivity contribution in [1.29, 1.82) is 0 Å². The summed E-state index contributed by atoms with van der Waals surface area (Å²) in [5.74, 6) is -2.44. The first-order valence-electron chi connectivity index (χ1n) is 4.66. The average molecular weight is 260 g/mol. The van der Waals surface area contributed by atoms with Crippen LogP contribution in [0.3, 0.4) is 0 Å². The van der Waals surface area contributed by atoms with Crippen LogP contribution in [0.15, 0.2) is 0 Å². The molecular formula is C9H8BrO4-. The predicted octanol–water partition coefficient (Wildman–Crippen LogP) is -0.693. The molecule has 2 saturated carbocycles. The second-order valence-corrected chi connectivity index (χ2v) is 5.34. The summed E-state index contributed by atoms with van der Waals surface area (Å²) >= 11 is 3.42. The van der Waals surface area contributed by atoms with Gasteiger partial charge in [0, 0.05) is 17.8 Å². The first kappa shape index (κ1) is 8.71. The van der Waals surface area contributed by atoms with Crippen LogP contribution < -0.4 is 5.11 Å². The predicted molar refractivity (Wildman–Crippen MR) is 46.2 cm³/mol.